The quantitative estimate of drug-likeness (QED) is 0.0882. The maximum absolute atomic E-state index is 12.0. The molecule has 39 heavy (non-hydrogen) atoms. The number of aliphatic carboxylic acids is 1. The molecule has 0 aliphatic heterocycles. The minimum atomic E-state index is -1.27. The number of rotatable bonds is 14. The van der Waals surface area contributed by atoms with E-state index in [1.807, 2.05) is 52.2 Å². The summed E-state index contributed by atoms with van der Waals surface area (Å²) in [5, 5.41) is 15.5. The highest BCUT2D eigenvalue weighted by Crippen LogP contribution is 2.21. The third-order valence-corrected chi connectivity index (χ3v) is 5.72. The number of carbonyl (C=O) groups is 2. The Hall–Kier alpha value is -3.35. The van der Waals surface area contributed by atoms with Gasteiger partial charge in [-0.05, 0) is 77.5 Å². The number of amidine groups is 1. The number of carbonyl (C=O) groups excluding carboxylic acids is 1. The standard InChI is InChI=1S/C22H35N3O4.C10H16/c1-7-15-25(17(2)26)20(23-24(5)6)14-9-8-11-18-12-10-13-19(16-18)29-22(3,4)21(27)28;1-5-10(6-2)8-7-9(3)4/h10,12-13,16H,7-9,11,14-15H2,1-6H3,(H,27,28);5,7-8H,3,6H2,1-2,4H3/b23-20-;8-7-,10-5-. The summed E-state index contributed by atoms with van der Waals surface area (Å²) in [7, 11) is 3.71. The Labute approximate surface area is 236 Å². The van der Waals surface area contributed by atoms with E-state index in [-0.39, 0.29) is 5.91 Å². The molecular formula is C32H51N3O4. The summed E-state index contributed by atoms with van der Waals surface area (Å²) in [5.74, 6) is 0.358. The molecule has 0 radical (unpaired) electrons. The molecule has 1 aromatic rings. The van der Waals surface area contributed by atoms with Gasteiger partial charge in [-0.3, -0.25) is 9.69 Å². The fraction of sp³-hybridized carbons (Fsp3) is 0.531. The number of hydrogen-bond acceptors (Lipinski definition) is 5. The number of ether oxygens (including phenoxy) is 1. The van der Waals surface area contributed by atoms with Crippen LogP contribution >= 0.6 is 0 Å². The van der Waals surface area contributed by atoms with E-state index in [1.54, 1.807) is 22.9 Å². The van der Waals surface area contributed by atoms with Crippen molar-refractivity contribution in [2.24, 2.45) is 5.10 Å². The molecule has 0 fully saturated rings. The third kappa shape index (κ3) is 15.6. The van der Waals surface area contributed by atoms with Gasteiger partial charge in [0.2, 0.25) is 5.91 Å². The second kappa shape index (κ2) is 18.8. The van der Waals surface area contributed by atoms with E-state index < -0.39 is 11.6 Å². The summed E-state index contributed by atoms with van der Waals surface area (Å²) in [5.41, 5.74) is 2.29. The lowest BCUT2D eigenvalue weighted by Gasteiger charge is -2.24. The molecule has 0 bridgehead atoms. The summed E-state index contributed by atoms with van der Waals surface area (Å²) < 4.78 is 5.61. The Morgan fingerprint density at radius 1 is 1.13 bits per heavy atom. The Bertz CT molecular complexity index is 1010. The highest BCUT2D eigenvalue weighted by atomic mass is 16.5. The van der Waals surface area contributed by atoms with Gasteiger partial charge in [0.15, 0.2) is 5.60 Å². The number of hydrazone groups is 1. The molecule has 1 amide bonds. The first-order chi connectivity index (χ1) is 18.3. The van der Waals surface area contributed by atoms with Crippen LogP contribution in [-0.4, -0.2) is 59.0 Å². The lowest BCUT2D eigenvalue weighted by molar-refractivity contribution is -0.152. The number of nitrogens with zero attached hydrogens (tertiary/aromatic N) is 3. The van der Waals surface area contributed by atoms with Crippen molar-refractivity contribution in [3.05, 3.63) is 65.8 Å². The molecule has 0 aromatic heterocycles. The lowest BCUT2D eigenvalue weighted by Crippen LogP contribution is -2.37. The molecule has 0 aliphatic rings. The summed E-state index contributed by atoms with van der Waals surface area (Å²) in [4.78, 5) is 25.0. The van der Waals surface area contributed by atoms with E-state index >= 15 is 0 Å². The monoisotopic (exact) mass is 541 g/mol. The zero-order valence-corrected chi connectivity index (χ0v) is 25.7. The Balaban J connectivity index is 0.00000122. The van der Waals surface area contributed by atoms with E-state index in [0.717, 1.165) is 55.5 Å². The average Bonchev–Trinajstić information content (AvgIpc) is 2.85. The number of aryl methyl sites for hydroxylation is 1. The first-order valence-electron chi connectivity index (χ1n) is 13.8. The van der Waals surface area contributed by atoms with Crippen LogP contribution in [-0.2, 0) is 16.0 Å². The molecule has 7 heteroatoms. The van der Waals surface area contributed by atoms with Gasteiger partial charge < -0.3 is 14.9 Å². The summed E-state index contributed by atoms with van der Waals surface area (Å²) >= 11 is 0. The molecule has 218 valence electrons. The van der Waals surface area contributed by atoms with E-state index in [0.29, 0.717) is 12.3 Å². The molecule has 0 aliphatic carbocycles. The first kappa shape index (κ1) is 35.6. The fourth-order valence-electron chi connectivity index (χ4n) is 3.54. The molecule has 0 atom stereocenters. The molecule has 0 unspecified atom stereocenters. The molecule has 1 N–H and O–H groups in total. The number of unbranched alkanes of at least 4 members (excludes halogenated alkanes) is 1. The minimum absolute atomic E-state index is 0.0124. The van der Waals surface area contributed by atoms with Crippen molar-refractivity contribution < 1.29 is 19.4 Å². The van der Waals surface area contributed by atoms with Gasteiger partial charge >= 0.3 is 5.97 Å². The van der Waals surface area contributed by atoms with Gasteiger partial charge in [-0.25, -0.2) is 4.79 Å². The van der Waals surface area contributed by atoms with Gasteiger partial charge in [0, 0.05) is 34.0 Å². The number of amides is 1. The van der Waals surface area contributed by atoms with Crippen molar-refractivity contribution in [1.29, 1.82) is 0 Å². The largest absolute Gasteiger partial charge is 0.478 e. The molecule has 0 heterocycles. The zero-order valence-electron chi connectivity index (χ0n) is 25.7. The zero-order chi connectivity index (χ0) is 30.0. The van der Waals surface area contributed by atoms with Gasteiger partial charge in [-0.2, -0.15) is 5.10 Å². The number of allylic oxidation sites excluding steroid dienone is 5. The van der Waals surface area contributed by atoms with Crippen LogP contribution in [0.2, 0.25) is 0 Å². The Morgan fingerprint density at radius 3 is 2.28 bits per heavy atom. The molecule has 0 spiro atoms. The summed E-state index contributed by atoms with van der Waals surface area (Å²) in [6.07, 6.45) is 11.6. The van der Waals surface area contributed by atoms with E-state index in [4.69, 9.17) is 4.74 Å². The van der Waals surface area contributed by atoms with Crippen molar-refractivity contribution in [2.45, 2.75) is 92.6 Å². The molecule has 1 rings (SSSR count). The van der Waals surface area contributed by atoms with Crippen molar-refractivity contribution in [1.82, 2.24) is 9.91 Å². The number of carboxylic acids is 1. The number of hydrogen-bond donors (Lipinski definition) is 1. The van der Waals surface area contributed by atoms with E-state index in [1.165, 1.54) is 19.4 Å². The molecule has 1 aromatic carbocycles. The van der Waals surface area contributed by atoms with Gasteiger partial charge in [-0.15, -0.1) is 0 Å². The Kier molecular flexibility index (Phi) is 17.2. The van der Waals surface area contributed by atoms with Crippen LogP contribution in [0.15, 0.2) is 65.3 Å². The summed E-state index contributed by atoms with van der Waals surface area (Å²) in [6.45, 7) is 17.3. The van der Waals surface area contributed by atoms with E-state index in [9.17, 15) is 14.7 Å². The SMILES string of the molecule is C=C(C)/C=C\C(=C/C)CC.CCCN(C(C)=O)/C(CCCCc1cccc(OC(C)(C)C(=O)O)c1)=N\N(C)C. The topological polar surface area (TPSA) is 82.4 Å². The second-order valence-corrected chi connectivity index (χ2v) is 10.2. The van der Waals surface area contributed by atoms with Crippen molar-refractivity contribution >= 4 is 17.7 Å². The first-order valence-corrected chi connectivity index (χ1v) is 13.8. The summed E-state index contributed by atoms with van der Waals surface area (Å²) in [6, 6.07) is 7.54. The van der Waals surface area contributed by atoms with Gasteiger partial charge in [0.05, 0.1) is 0 Å². The predicted octanol–water partition coefficient (Wildman–Crippen LogP) is 7.25. The van der Waals surface area contributed by atoms with Crippen molar-refractivity contribution in [3.8, 4) is 5.75 Å². The smallest absolute Gasteiger partial charge is 0.347 e. The van der Waals surface area contributed by atoms with Crippen LogP contribution < -0.4 is 4.74 Å². The van der Waals surface area contributed by atoms with Crippen LogP contribution in [0.4, 0.5) is 0 Å². The van der Waals surface area contributed by atoms with Gasteiger partial charge in [0.1, 0.15) is 11.6 Å². The maximum atomic E-state index is 12.0. The fourth-order valence-corrected chi connectivity index (χ4v) is 3.54. The molecular weight excluding hydrogens is 490 g/mol. The van der Waals surface area contributed by atoms with E-state index in [2.05, 4.69) is 37.7 Å². The maximum Gasteiger partial charge on any atom is 0.347 e. The predicted molar refractivity (Wildman–Crippen MR) is 163 cm³/mol. The molecule has 0 saturated carbocycles. The van der Waals surface area contributed by atoms with Crippen LogP contribution in [0.25, 0.3) is 0 Å². The molecule has 0 saturated heterocycles. The highest BCUT2D eigenvalue weighted by molar-refractivity contribution is 5.97. The third-order valence-electron chi connectivity index (χ3n) is 5.72. The Morgan fingerprint density at radius 2 is 1.79 bits per heavy atom. The van der Waals surface area contributed by atoms with Gasteiger partial charge in [-0.1, -0.05) is 61.9 Å². The van der Waals surface area contributed by atoms with Crippen LogP contribution in [0.1, 0.15) is 86.1 Å². The van der Waals surface area contributed by atoms with Crippen LogP contribution in [0, 0.1) is 0 Å². The number of benzene rings is 1. The highest BCUT2D eigenvalue weighted by Gasteiger charge is 2.29. The average molecular weight is 542 g/mol. The number of carboxylic acid groups (broad SMARTS) is 1. The van der Waals surface area contributed by atoms with Crippen molar-refractivity contribution in [3.63, 3.8) is 0 Å². The molecule has 7 nitrogen and oxygen atoms in total. The van der Waals surface area contributed by atoms with Crippen LogP contribution in [0.5, 0.6) is 5.75 Å². The minimum Gasteiger partial charge on any atom is -0.478 e. The lowest BCUT2D eigenvalue weighted by atomic mass is 10.1. The van der Waals surface area contributed by atoms with Gasteiger partial charge in [0.25, 0.3) is 0 Å². The normalized spacial score (nSPS) is 12.0. The second-order valence-electron chi connectivity index (χ2n) is 10.2. The van der Waals surface area contributed by atoms with Crippen LogP contribution in [0.3, 0.4) is 0 Å². The van der Waals surface area contributed by atoms with Crippen molar-refractivity contribution in [2.75, 3.05) is 20.6 Å².